The molecule has 1 fully saturated rings. The van der Waals surface area contributed by atoms with E-state index in [1.165, 1.54) is 4.88 Å². The Morgan fingerprint density at radius 2 is 1.90 bits per heavy atom. The monoisotopic (exact) mass is 449 g/mol. The van der Waals surface area contributed by atoms with Crippen LogP contribution in [0.3, 0.4) is 0 Å². The second-order valence-electron chi connectivity index (χ2n) is 6.93. The summed E-state index contributed by atoms with van der Waals surface area (Å²) in [5, 5.41) is 10.6. The molecule has 3 heterocycles. The smallest absolute Gasteiger partial charge is 0.306 e. The maximum Gasteiger partial charge on any atom is 0.324 e. The summed E-state index contributed by atoms with van der Waals surface area (Å²) in [7, 11) is 0. The standard InChI is InChI=1S/C20H21Cl2N5OS/c21-16-3-1-2-4-17(16)24-20(28)25-19-7-10-23-27(19)14-8-11-26(12-9-14)13-15-5-6-18(22)29-15/h1-7,10,14H,8-9,11-13H2,(H2,24,25,28). The third-order valence-corrected chi connectivity index (χ3v) is 6.49. The molecule has 1 aliphatic heterocycles. The van der Waals surface area contributed by atoms with Gasteiger partial charge in [-0.3, -0.25) is 10.2 Å². The first-order valence-corrected chi connectivity index (χ1v) is 11.0. The third kappa shape index (κ3) is 5.11. The number of urea groups is 1. The lowest BCUT2D eigenvalue weighted by atomic mass is 10.1. The molecule has 2 amide bonds. The van der Waals surface area contributed by atoms with Crippen LogP contribution in [0.5, 0.6) is 0 Å². The SMILES string of the molecule is O=C(Nc1ccccc1Cl)Nc1ccnn1C1CCN(Cc2ccc(Cl)s2)CC1. The van der Waals surface area contributed by atoms with Crippen molar-refractivity contribution in [3.8, 4) is 0 Å². The Bertz CT molecular complexity index is 981. The van der Waals surface area contributed by atoms with Crippen molar-refractivity contribution in [2.75, 3.05) is 23.7 Å². The number of likely N-dealkylation sites (tertiary alicyclic amines) is 1. The van der Waals surface area contributed by atoms with E-state index in [1.807, 2.05) is 28.9 Å². The summed E-state index contributed by atoms with van der Waals surface area (Å²) in [6, 6.07) is 12.9. The molecule has 4 rings (SSSR count). The largest absolute Gasteiger partial charge is 0.324 e. The van der Waals surface area contributed by atoms with Crippen LogP contribution in [-0.4, -0.2) is 33.8 Å². The molecule has 1 aliphatic rings. The van der Waals surface area contributed by atoms with Crippen molar-refractivity contribution in [3.05, 3.63) is 62.9 Å². The van der Waals surface area contributed by atoms with Crippen LogP contribution in [0.4, 0.5) is 16.3 Å². The highest BCUT2D eigenvalue weighted by Gasteiger charge is 2.23. The molecule has 9 heteroatoms. The maximum absolute atomic E-state index is 12.4. The van der Waals surface area contributed by atoms with Crippen LogP contribution in [0.1, 0.15) is 23.8 Å². The summed E-state index contributed by atoms with van der Waals surface area (Å²) in [4.78, 5) is 16.1. The first-order chi connectivity index (χ1) is 14.1. The van der Waals surface area contributed by atoms with Crippen molar-refractivity contribution in [2.24, 2.45) is 0 Å². The van der Waals surface area contributed by atoms with Crippen LogP contribution >= 0.6 is 34.5 Å². The number of carbonyl (C=O) groups is 1. The van der Waals surface area contributed by atoms with Crippen LogP contribution < -0.4 is 10.6 Å². The lowest BCUT2D eigenvalue weighted by Gasteiger charge is -2.32. The topological polar surface area (TPSA) is 62.2 Å². The van der Waals surface area contributed by atoms with Gasteiger partial charge in [0.15, 0.2) is 0 Å². The first kappa shape index (κ1) is 20.2. The molecule has 0 aliphatic carbocycles. The molecule has 0 atom stereocenters. The molecule has 6 nitrogen and oxygen atoms in total. The van der Waals surface area contributed by atoms with Gasteiger partial charge in [0.1, 0.15) is 5.82 Å². The first-order valence-electron chi connectivity index (χ1n) is 9.41. The van der Waals surface area contributed by atoms with Gasteiger partial charge < -0.3 is 5.32 Å². The molecule has 0 unspecified atom stereocenters. The number of thiophene rings is 1. The summed E-state index contributed by atoms with van der Waals surface area (Å²) in [5.41, 5.74) is 0.569. The van der Waals surface area contributed by atoms with E-state index in [1.54, 1.807) is 29.7 Å². The van der Waals surface area contributed by atoms with Gasteiger partial charge >= 0.3 is 6.03 Å². The normalized spacial score (nSPS) is 15.4. The lowest BCUT2D eigenvalue weighted by molar-refractivity contribution is 0.175. The molecule has 29 heavy (non-hydrogen) atoms. The van der Waals surface area contributed by atoms with Gasteiger partial charge in [0.25, 0.3) is 0 Å². The van der Waals surface area contributed by atoms with Gasteiger partial charge in [0, 0.05) is 30.6 Å². The summed E-state index contributed by atoms with van der Waals surface area (Å²) < 4.78 is 2.74. The molecule has 2 N–H and O–H groups in total. The fourth-order valence-electron chi connectivity index (χ4n) is 3.52. The van der Waals surface area contributed by atoms with E-state index in [0.29, 0.717) is 16.5 Å². The highest BCUT2D eigenvalue weighted by Crippen LogP contribution is 2.28. The summed E-state index contributed by atoms with van der Waals surface area (Å²) >= 11 is 13.8. The molecule has 3 aromatic rings. The van der Waals surface area contributed by atoms with Crippen molar-refractivity contribution >= 4 is 52.1 Å². The van der Waals surface area contributed by atoms with Gasteiger partial charge in [-0.25, -0.2) is 9.48 Å². The Morgan fingerprint density at radius 3 is 2.62 bits per heavy atom. The Balaban J connectivity index is 1.33. The number of aromatic nitrogens is 2. The number of nitrogens with one attached hydrogen (secondary N) is 2. The molecular formula is C20H21Cl2N5OS. The number of hydrogen-bond acceptors (Lipinski definition) is 4. The minimum Gasteiger partial charge on any atom is -0.306 e. The maximum atomic E-state index is 12.4. The molecule has 0 spiro atoms. The van der Waals surface area contributed by atoms with Crippen LogP contribution in [-0.2, 0) is 6.54 Å². The van der Waals surface area contributed by atoms with Crippen molar-refractivity contribution in [1.82, 2.24) is 14.7 Å². The predicted molar refractivity (Wildman–Crippen MR) is 119 cm³/mol. The Morgan fingerprint density at radius 1 is 1.10 bits per heavy atom. The molecule has 0 saturated carbocycles. The van der Waals surface area contributed by atoms with E-state index in [2.05, 4.69) is 26.7 Å². The number of hydrogen-bond donors (Lipinski definition) is 2. The van der Waals surface area contributed by atoms with E-state index < -0.39 is 0 Å². The van der Waals surface area contributed by atoms with Crippen molar-refractivity contribution in [1.29, 1.82) is 0 Å². The Labute approximate surface area is 183 Å². The molecule has 0 radical (unpaired) electrons. The fraction of sp³-hybridized carbons (Fsp3) is 0.300. The minimum absolute atomic E-state index is 0.254. The third-order valence-electron chi connectivity index (χ3n) is 4.95. The van der Waals surface area contributed by atoms with Gasteiger partial charge in [0.05, 0.1) is 27.3 Å². The molecular weight excluding hydrogens is 429 g/mol. The molecule has 1 aromatic carbocycles. The highest BCUT2D eigenvalue weighted by molar-refractivity contribution is 7.16. The quantitative estimate of drug-likeness (QED) is 0.522. The van der Waals surface area contributed by atoms with Crippen molar-refractivity contribution in [2.45, 2.75) is 25.4 Å². The van der Waals surface area contributed by atoms with E-state index in [4.69, 9.17) is 23.2 Å². The summed E-state index contributed by atoms with van der Waals surface area (Å²) in [5.74, 6) is 0.679. The fourth-order valence-corrected chi connectivity index (χ4v) is 4.83. The zero-order chi connectivity index (χ0) is 20.2. The number of benzene rings is 1. The van der Waals surface area contributed by atoms with Crippen LogP contribution in [0.25, 0.3) is 0 Å². The Hall–Kier alpha value is -2.06. The average Bonchev–Trinajstić information content (AvgIpc) is 3.33. The number of para-hydroxylation sites is 1. The van der Waals surface area contributed by atoms with Crippen LogP contribution in [0.2, 0.25) is 9.36 Å². The van der Waals surface area contributed by atoms with Crippen LogP contribution in [0.15, 0.2) is 48.7 Å². The minimum atomic E-state index is -0.341. The second kappa shape index (κ2) is 9.17. The van der Waals surface area contributed by atoms with Crippen LogP contribution in [0, 0.1) is 0 Å². The number of piperidine rings is 1. The van der Waals surface area contributed by atoms with Gasteiger partial charge in [-0.15, -0.1) is 11.3 Å². The van der Waals surface area contributed by atoms with E-state index in [-0.39, 0.29) is 12.1 Å². The number of anilines is 2. The van der Waals surface area contributed by atoms with Crippen molar-refractivity contribution < 1.29 is 4.79 Å². The predicted octanol–water partition coefficient (Wildman–Crippen LogP) is 5.73. The number of amides is 2. The molecule has 152 valence electrons. The zero-order valence-corrected chi connectivity index (χ0v) is 18.0. The van der Waals surface area contributed by atoms with E-state index in [0.717, 1.165) is 36.8 Å². The molecule has 1 saturated heterocycles. The summed E-state index contributed by atoms with van der Waals surface area (Å²) in [6.45, 7) is 2.88. The molecule has 0 bridgehead atoms. The number of rotatable bonds is 5. The number of nitrogens with zero attached hydrogens (tertiary/aromatic N) is 3. The van der Waals surface area contributed by atoms with Crippen molar-refractivity contribution in [3.63, 3.8) is 0 Å². The van der Waals surface area contributed by atoms with Gasteiger partial charge in [0.2, 0.25) is 0 Å². The zero-order valence-electron chi connectivity index (χ0n) is 15.6. The van der Waals surface area contributed by atoms with Gasteiger partial charge in [-0.05, 0) is 37.1 Å². The number of carbonyl (C=O) groups excluding carboxylic acids is 1. The van der Waals surface area contributed by atoms with E-state index >= 15 is 0 Å². The highest BCUT2D eigenvalue weighted by atomic mass is 35.5. The lowest BCUT2D eigenvalue weighted by Crippen LogP contribution is -2.35. The van der Waals surface area contributed by atoms with E-state index in [9.17, 15) is 4.79 Å². The Kier molecular flexibility index (Phi) is 6.40. The van der Waals surface area contributed by atoms with Gasteiger partial charge in [-0.1, -0.05) is 35.3 Å². The second-order valence-corrected chi connectivity index (χ2v) is 9.14. The van der Waals surface area contributed by atoms with Gasteiger partial charge in [-0.2, -0.15) is 5.10 Å². The summed E-state index contributed by atoms with van der Waals surface area (Å²) in [6.07, 6.45) is 3.66. The average molecular weight is 450 g/mol. The molecule has 2 aromatic heterocycles. The number of halogens is 2.